The first kappa shape index (κ1) is 16.4. The molecule has 0 bridgehead atoms. The van der Waals surface area contributed by atoms with E-state index in [9.17, 15) is 8.78 Å². The van der Waals surface area contributed by atoms with Gasteiger partial charge in [0.1, 0.15) is 17.4 Å². The maximum Gasteiger partial charge on any atom is 0.247 e. The van der Waals surface area contributed by atoms with E-state index in [4.69, 9.17) is 9.15 Å². The lowest BCUT2D eigenvalue weighted by molar-refractivity contribution is 0.415. The van der Waals surface area contributed by atoms with Crippen LogP contribution in [0.25, 0.3) is 11.5 Å². The predicted octanol–water partition coefficient (Wildman–Crippen LogP) is 4.88. The van der Waals surface area contributed by atoms with Crippen LogP contribution in [0, 0.1) is 11.6 Å². The van der Waals surface area contributed by atoms with Gasteiger partial charge < -0.3 is 9.15 Å². The average Bonchev–Trinajstić information content (AvgIpc) is 3.08. The van der Waals surface area contributed by atoms with Crippen molar-refractivity contribution in [3.8, 4) is 17.2 Å². The predicted molar refractivity (Wildman–Crippen MR) is 86.9 cm³/mol. The molecule has 0 N–H and O–H groups in total. The molecule has 0 spiro atoms. The Morgan fingerprint density at radius 3 is 2.54 bits per heavy atom. The molecular formula is C17H14F2N2O2S. The lowest BCUT2D eigenvalue weighted by Crippen LogP contribution is -1.91. The van der Waals surface area contributed by atoms with Crippen LogP contribution in [-0.2, 0) is 0 Å². The molecule has 0 saturated heterocycles. The van der Waals surface area contributed by atoms with Crippen LogP contribution in [0.1, 0.15) is 18.1 Å². The van der Waals surface area contributed by atoms with Gasteiger partial charge in [0.25, 0.3) is 0 Å². The molecule has 7 heteroatoms. The topological polar surface area (TPSA) is 48.2 Å². The van der Waals surface area contributed by atoms with Crippen LogP contribution in [0.5, 0.6) is 5.75 Å². The number of hydrogen-bond donors (Lipinski definition) is 0. The number of nitrogens with zero attached hydrogens (tertiary/aromatic N) is 2. The Bertz CT molecular complexity index is 837. The van der Waals surface area contributed by atoms with Gasteiger partial charge in [-0.1, -0.05) is 0 Å². The standard InChI is InChI=1S/C17H14F2N2O2S/c1-10(24-15-9-12(18)5-8-14(15)19)16-20-21-17(23-16)11-3-6-13(22-2)7-4-11/h3-10H,1-2H3/t10-/m1/s1. The van der Waals surface area contributed by atoms with Crippen molar-refractivity contribution in [2.24, 2.45) is 0 Å². The minimum Gasteiger partial charge on any atom is -0.497 e. The number of rotatable bonds is 5. The molecule has 0 amide bonds. The number of thioether (sulfide) groups is 1. The number of hydrogen-bond acceptors (Lipinski definition) is 5. The minimum absolute atomic E-state index is 0.201. The Morgan fingerprint density at radius 1 is 1.08 bits per heavy atom. The molecule has 4 nitrogen and oxygen atoms in total. The number of halogens is 2. The van der Waals surface area contributed by atoms with Crippen LogP contribution in [0.4, 0.5) is 8.78 Å². The maximum absolute atomic E-state index is 13.7. The van der Waals surface area contributed by atoms with Crippen LogP contribution in [-0.4, -0.2) is 17.3 Å². The van der Waals surface area contributed by atoms with Crippen molar-refractivity contribution in [1.29, 1.82) is 0 Å². The number of ether oxygens (including phenoxy) is 1. The fourth-order valence-corrected chi connectivity index (χ4v) is 3.00. The SMILES string of the molecule is COc1ccc(-c2nnc([C@@H](C)Sc3cc(F)ccc3F)o2)cc1. The minimum atomic E-state index is -0.490. The van der Waals surface area contributed by atoms with Crippen molar-refractivity contribution in [2.45, 2.75) is 17.1 Å². The molecule has 0 unspecified atom stereocenters. The van der Waals surface area contributed by atoms with Gasteiger partial charge in [0, 0.05) is 10.5 Å². The number of aromatic nitrogens is 2. The second-order valence-corrected chi connectivity index (χ2v) is 6.39. The molecule has 1 aromatic heterocycles. The van der Waals surface area contributed by atoms with Crippen LogP contribution in [0.2, 0.25) is 0 Å². The summed E-state index contributed by atoms with van der Waals surface area (Å²) in [5.74, 6) is 0.456. The van der Waals surface area contributed by atoms with Crippen molar-refractivity contribution in [3.05, 3.63) is 60.0 Å². The molecule has 3 rings (SSSR count). The molecule has 0 aliphatic carbocycles. The van der Waals surface area contributed by atoms with Crippen LogP contribution < -0.4 is 4.74 Å². The second-order valence-electron chi connectivity index (χ2n) is 5.01. The van der Waals surface area contributed by atoms with E-state index in [1.54, 1.807) is 38.3 Å². The van der Waals surface area contributed by atoms with Crippen LogP contribution in [0.3, 0.4) is 0 Å². The summed E-state index contributed by atoms with van der Waals surface area (Å²) in [6.07, 6.45) is 0. The molecular weight excluding hydrogens is 334 g/mol. The van der Waals surface area contributed by atoms with E-state index >= 15 is 0 Å². The highest BCUT2D eigenvalue weighted by Crippen LogP contribution is 2.36. The fraction of sp³-hybridized carbons (Fsp3) is 0.176. The molecule has 0 saturated carbocycles. The Kier molecular flexibility index (Phi) is 4.80. The first-order valence-electron chi connectivity index (χ1n) is 7.16. The summed E-state index contributed by atoms with van der Waals surface area (Å²) in [4.78, 5) is 0.201. The van der Waals surface area contributed by atoms with E-state index in [1.165, 1.54) is 0 Å². The van der Waals surface area contributed by atoms with Gasteiger partial charge in [-0.15, -0.1) is 22.0 Å². The molecule has 1 heterocycles. The Morgan fingerprint density at radius 2 is 1.83 bits per heavy atom. The van der Waals surface area contributed by atoms with Crippen LogP contribution in [0.15, 0.2) is 51.8 Å². The van der Waals surface area contributed by atoms with Crippen molar-refractivity contribution in [1.82, 2.24) is 10.2 Å². The van der Waals surface area contributed by atoms with Crippen molar-refractivity contribution in [3.63, 3.8) is 0 Å². The zero-order valence-electron chi connectivity index (χ0n) is 13.0. The fourth-order valence-electron chi connectivity index (χ4n) is 2.06. The van der Waals surface area contributed by atoms with Gasteiger partial charge in [-0.3, -0.25) is 0 Å². The van der Waals surface area contributed by atoms with E-state index in [2.05, 4.69) is 10.2 Å². The summed E-state index contributed by atoms with van der Waals surface area (Å²) in [5.41, 5.74) is 0.753. The van der Waals surface area contributed by atoms with Gasteiger partial charge in [-0.2, -0.15) is 0 Å². The first-order valence-corrected chi connectivity index (χ1v) is 8.04. The third-order valence-electron chi connectivity index (χ3n) is 3.32. The lowest BCUT2D eigenvalue weighted by Gasteiger charge is -2.07. The van der Waals surface area contributed by atoms with E-state index in [-0.39, 0.29) is 10.1 Å². The smallest absolute Gasteiger partial charge is 0.247 e. The summed E-state index contributed by atoms with van der Waals surface area (Å²) in [5, 5.41) is 7.69. The summed E-state index contributed by atoms with van der Waals surface area (Å²) in [7, 11) is 1.59. The molecule has 0 fully saturated rings. The maximum atomic E-state index is 13.7. The van der Waals surface area contributed by atoms with Gasteiger partial charge in [0.05, 0.1) is 12.4 Å². The van der Waals surface area contributed by atoms with Crippen molar-refractivity contribution < 1.29 is 17.9 Å². The highest BCUT2D eigenvalue weighted by Gasteiger charge is 2.18. The summed E-state index contributed by atoms with van der Waals surface area (Å²) >= 11 is 1.12. The molecule has 2 aromatic carbocycles. The largest absolute Gasteiger partial charge is 0.497 e. The van der Waals surface area contributed by atoms with Gasteiger partial charge >= 0.3 is 0 Å². The zero-order chi connectivity index (χ0) is 17.1. The lowest BCUT2D eigenvalue weighted by atomic mass is 10.2. The Balaban J connectivity index is 1.77. The zero-order valence-corrected chi connectivity index (χ0v) is 13.8. The number of benzene rings is 2. The highest BCUT2D eigenvalue weighted by molar-refractivity contribution is 7.99. The molecule has 0 aliphatic heterocycles. The van der Waals surface area contributed by atoms with Gasteiger partial charge in [0.2, 0.25) is 11.8 Å². The van der Waals surface area contributed by atoms with E-state index in [0.29, 0.717) is 11.8 Å². The third kappa shape index (κ3) is 3.56. The Hall–Kier alpha value is -2.41. The molecule has 1 atom stereocenters. The highest BCUT2D eigenvalue weighted by atomic mass is 32.2. The quantitative estimate of drug-likeness (QED) is 0.615. The van der Waals surface area contributed by atoms with Gasteiger partial charge in [-0.25, -0.2) is 8.78 Å². The van der Waals surface area contributed by atoms with Crippen LogP contribution >= 0.6 is 11.8 Å². The van der Waals surface area contributed by atoms with E-state index in [1.807, 2.05) is 0 Å². The molecule has 24 heavy (non-hydrogen) atoms. The molecule has 124 valence electrons. The van der Waals surface area contributed by atoms with Crippen molar-refractivity contribution in [2.75, 3.05) is 7.11 Å². The van der Waals surface area contributed by atoms with Gasteiger partial charge in [-0.05, 0) is 49.4 Å². The second kappa shape index (κ2) is 7.00. The van der Waals surface area contributed by atoms with E-state index in [0.717, 1.165) is 41.3 Å². The average molecular weight is 348 g/mol. The molecule has 0 aliphatic rings. The first-order chi connectivity index (χ1) is 11.6. The Labute approximate surface area is 141 Å². The van der Waals surface area contributed by atoms with Gasteiger partial charge in [0.15, 0.2) is 0 Å². The summed E-state index contributed by atoms with van der Waals surface area (Å²) in [6.45, 7) is 1.79. The van der Waals surface area contributed by atoms with E-state index < -0.39 is 11.6 Å². The number of methoxy groups -OCH3 is 1. The third-order valence-corrected chi connectivity index (χ3v) is 4.44. The summed E-state index contributed by atoms with van der Waals surface area (Å²) in [6, 6.07) is 10.5. The normalized spacial score (nSPS) is 12.2. The van der Waals surface area contributed by atoms with Crippen molar-refractivity contribution >= 4 is 11.8 Å². The molecule has 3 aromatic rings. The monoisotopic (exact) mass is 348 g/mol. The molecule has 0 radical (unpaired) electrons. The summed E-state index contributed by atoms with van der Waals surface area (Å²) < 4.78 is 37.7.